The quantitative estimate of drug-likeness (QED) is 0.623. The molecule has 0 spiro atoms. The molecule has 12 heavy (non-hydrogen) atoms. The van der Waals surface area contributed by atoms with Crippen molar-refractivity contribution in [1.29, 1.82) is 0 Å². The molecule has 3 nitrogen and oxygen atoms in total. The van der Waals surface area contributed by atoms with Gasteiger partial charge in [0, 0.05) is 0 Å². The Morgan fingerprint density at radius 1 is 1.58 bits per heavy atom. The van der Waals surface area contributed by atoms with E-state index >= 15 is 0 Å². The Morgan fingerprint density at radius 3 is 3.17 bits per heavy atom. The lowest BCUT2D eigenvalue weighted by Gasteiger charge is -2.16. The predicted octanol–water partition coefficient (Wildman–Crippen LogP) is 0.845. The summed E-state index contributed by atoms with van der Waals surface area (Å²) in [5.41, 5.74) is 0. The molecule has 0 radical (unpaired) electrons. The van der Waals surface area contributed by atoms with E-state index in [1.807, 2.05) is 13.0 Å². The first kappa shape index (κ1) is 7.40. The molecular formula is C9H12N2O. The van der Waals surface area contributed by atoms with E-state index in [1.54, 1.807) is 7.11 Å². The number of aliphatic imine (C=N–C) groups is 1. The van der Waals surface area contributed by atoms with Gasteiger partial charge in [0.25, 0.3) is 0 Å². The molecule has 2 unspecified atom stereocenters. The minimum atomic E-state index is 0.267. The van der Waals surface area contributed by atoms with E-state index in [4.69, 9.17) is 4.74 Å². The molecule has 0 amide bonds. The highest BCUT2D eigenvalue weighted by Crippen LogP contribution is 2.18. The van der Waals surface area contributed by atoms with Gasteiger partial charge in [-0.15, -0.1) is 0 Å². The zero-order valence-electron chi connectivity index (χ0n) is 7.24. The van der Waals surface area contributed by atoms with Crippen molar-refractivity contribution >= 4 is 5.84 Å². The van der Waals surface area contributed by atoms with E-state index < -0.39 is 0 Å². The molecule has 1 aliphatic carbocycles. The Kier molecular flexibility index (Phi) is 1.64. The van der Waals surface area contributed by atoms with Gasteiger partial charge in [-0.3, -0.25) is 4.99 Å². The van der Waals surface area contributed by atoms with Gasteiger partial charge in [0.2, 0.25) is 0 Å². The molecular weight excluding hydrogens is 152 g/mol. The fraction of sp³-hybridized carbons (Fsp3) is 0.444. The van der Waals surface area contributed by atoms with Gasteiger partial charge < -0.3 is 10.1 Å². The fourth-order valence-corrected chi connectivity index (χ4v) is 1.53. The number of amidine groups is 1. The van der Waals surface area contributed by atoms with Crippen molar-refractivity contribution in [2.24, 2.45) is 4.99 Å². The van der Waals surface area contributed by atoms with Gasteiger partial charge in [-0.1, -0.05) is 6.08 Å². The van der Waals surface area contributed by atoms with Crippen LogP contribution in [0.25, 0.3) is 0 Å². The Labute approximate surface area is 71.8 Å². The van der Waals surface area contributed by atoms with E-state index in [9.17, 15) is 0 Å². The van der Waals surface area contributed by atoms with Crippen LogP contribution in [0.2, 0.25) is 0 Å². The van der Waals surface area contributed by atoms with E-state index in [0.29, 0.717) is 6.04 Å². The van der Waals surface area contributed by atoms with E-state index in [1.165, 1.54) is 0 Å². The molecule has 1 aliphatic heterocycles. The lowest BCUT2D eigenvalue weighted by Crippen LogP contribution is -2.32. The van der Waals surface area contributed by atoms with Crippen LogP contribution in [0, 0.1) is 0 Å². The Morgan fingerprint density at radius 2 is 2.42 bits per heavy atom. The average Bonchev–Trinajstić information content (AvgIpc) is 2.43. The lowest BCUT2D eigenvalue weighted by atomic mass is 10.0. The Hall–Kier alpha value is -1.25. The second kappa shape index (κ2) is 2.66. The van der Waals surface area contributed by atoms with Crippen LogP contribution in [-0.2, 0) is 4.74 Å². The molecule has 0 aromatic carbocycles. The van der Waals surface area contributed by atoms with Gasteiger partial charge in [0.05, 0.1) is 25.0 Å². The second-order valence-corrected chi connectivity index (χ2v) is 3.01. The van der Waals surface area contributed by atoms with Crippen molar-refractivity contribution in [3.05, 3.63) is 24.0 Å². The molecule has 1 N–H and O–H groups in total. The molecule has 64 valence electrons. The topological polar surface area (TPSA) is 33.6 Å². The fourth-order valence-electron chi connectivity index (χ4n) is 1.53. The first-order valence-electron chi connectivity index (χ1n) is 4.04. The Bertz CT molecular complexity index is 278. The summed E-state index contributed by atoms with van der Waals surface area (Å²) < 4.78 is 5.12. The van der Waals surface area contributed by atoms with Gasteiger partial charge in [-0.25, -0.2) is 0 Å². The third kappa shape index (κ3) is 1.11. The van der Waals surface area contributed by atoms with Crippen LogP contribution in [0.1, 0.15) is 6.92 Å². The second-order valence-electron chi connectivity index (χ2n) is 3.01. The molecule has 0 aromatic rings. The zero-order valence-corrected chi connectivity index (χ0v) is 7.24. The number of nitrogens with one attached hydrogen (secondary N) is 1. The van der Waals surface area contributed by atoms with Gasteiger partial charge in [-0.05, 0) is 19.1 Å². The first-order chi connectivity index (χ1) is 5.79. The summed E-state index contributed by atoms with van der Waals surface area (Å²) in [5.74, 6) is 1.91. The number of hydrogen-bond donors (Lipinski definition) is 1. The molecule has 0 saturated carbocycles. The van der Waals surface area contributed by atoms with Crippen molar-refractivity contribution in [1.82, 2.24) is 5.32 Å². The largest absolute Gasteiger partial charge is 0.497 e. The van der Waals surface area contributed by atoms with Gasteiger partial charge in [0.15, 0.2) is 0 Å². The molecule has 2 rings (SSSR count). The van der Waals surface area contributed by atoms with Crippen molar-refractivity contribution in [3.8, 4) is 0 Å². The smallest absolute Gasteiger partial charge is 0.116 e. The molecule has 0 bridgehead atoms. The van der Waals surface area contributed by atoms with Crippen LogP contribution in [0.15, 0.2) is 29.0 Å². The highest BCUT2D eigenvalue weighted by Gasteiger charge is 2.25. The maximum atomic E-state index is 5.12. The normalized spacial score (nSPS) is 31.8. The summed E-state index contributed by atoms with van der Waals surface area (Å²) in [5, 5.41) is 3.26. The van der Waals surface area contributed by atoms with Crippen LogP contribution in [0.4, 0.5) is 0 Å². The minimum absolute atomic E-state index is 0.267. The first-order valence-corrected chi connectivity index (χ1v) is 4.04. The molecule has 0 saturated heterocycles. The molecule has 1 heterocycles. The van der Waals surface area contributed by atoms with Crippen molar-refractivity contribution in [2.45, 2.75) is 19.0 Å². The van der Waals surface area contributed by atoms with E-state index in [0.717, 1.165) is 11.6 Å². The summed E-state index contributed by atoms with van der Waals surface area (Å²) in [6.45, 7) is 1.98. The number of fused-ring (bicyclic) bond motifs is 1. The van der Waals surface area contributed by atoms with Gasteiger partial charge in [-0.2, -0.15) is 0 Å². The van der Waals surface area contributed by atoms with Crippen LogP contribution in [0.5, 0.6) is 0 Å². The minimum Gasteiger partial charge on any atom is -0.497 e. The van der Waals surface area contributed by atoms with Crippen LogP contribution in [0.3, 0.4) is 0 Å². The molecule has 2 atom stereocenters. The monoisotopic (exact) mass is 164 g/mol. The van der Waals surface area contributed by atoms with Crippen molar-refractivity contribution < 1.29 is 4.74 Å². The molecule has 3 heteroatoms. The molecule has 0 fully saturated rings. The lowest BCUT2D eigenvalue weighted by molar-refractivity contribution is 0.301. The number of nitrogens with zero attached hydrogens (tertiary/aromatic N) is 1. The number of allylic oxidation sites excluding steroid dienone is 1. The number of methoxy groups -OCH3 is 1. The van der Waals surface area contributed by atoms with Crippen molar-refractivity contribution in [2.75, 3.05) is 7.11 Å². The van der Waals surface area contributed by atoms with E-state index in [2.05, 4.69) is 22.5 Å². The summed E-state index contributed by atoms with van der Waals surface area (Å²) in [6, 6.07) is 0.564. The van der Waals surface area contributed by atoms with Crippen LogP contribution >= 0.6 is 0 Å². The molecule has 0 aromatic heterocycles. The average molecular weight is 164 g/mol. The SMILES string of the molecule is COC1=CC2NC(C)=NC2C=C1. The third-order valence-corrected chi connectivity index (χ3v) is 2.12. The van der Waals surface area contributed by atoms with Gasteiger partial charge in [0.1, 0.15) is 5.76 Å². The summed E-state index contributed by atoms with van der Waals surface area (Å²) >= 11 is 0. The maximum Gasteiger partial charge on any atom is 0.116 e. The maximum absolute atomic E-state index is 5.12. The highest BCUT2D eigenvalue weighted by molar-refractivity contribution is 5.82. The summed E-state index contributed by atoms with van der Waals surface area (Å²) in [6.07, 6.45) is 6.09. The summed E-state index contributed by atoms with van der Waals surface area (Å²) in [7, 11) is 1.68. The standard InChI is InChI=1S/C9H12N2O/c1-6-10-8-4-3-7(12-2)5-9(8)11-6/h3-5,8-9H,1-2H3,(H,10,11). The van der Waals surface area contributed by atoms with Crippen molar-refractivity contribution in [3.63, 3.8) is 0 Å². The van der Waals surface area contributed by atoms with Crippen LogP contribution in [-0.4, -0.2) is 25.0 Å². The van der Waals surface area contributed by atoms with E-state index in [-0.39, 0.29) is 6.04 Å². The number of ether oxygens (including phenoxy) is 1. The highest BCUT2D eigenvalue weighted by atomic mass is 16.5. The number of hydrogen-bond acceptors (Lipinski definition) is 3. The summed E-state index contributed by atoms with van der Waals surface area (Å²) in [4.78, 5) is 4.40. The molecule has 2 aliphatic rings. The van der Waals surface area contributed by atoms with Gasteiger partial charge >= 0.3 is 0 Å². The third-order valence-electron chi connectivity index (χ3n) is 2.12. The Balaban J connectivity index is 2.18. The van der Waals surface area contributed by atoms with Crippen LogP contribution < -0.4 is 5.32 Å². The number of rotatable bonds is 1. The predicted molar refractivity (Wildman–Crippen MR) is 48.1 cm³/mol. The zero-order chi connectivity index (χ0) is 8.55.